The van der Waals surface area contributed by atoms with E-state index in [0.29, 0.717) is 29.0 Å². The number of thiophene rings is 1. The van der Waals surface area contributed by atoms with Gasteiger partial charge in [0.05, 0.1) is 17.9 Å². The Kier molecular flexibility index (Phi) is 5.33. The van der Waals surface area contributed by atoms with E-state index in [2.05, 4.69) is 5.32 Å². The molecule has 0 unspecified atom stereocenters. The molecule has 2 heterocycles. The molecule has 0 saturated heterocycles. The van der Waals surface area contributed by atoms with Crippen molar-refractivity contribution in [1.29, 1.82) is 0 Å². The van der Waals surface area contributed by atoms with Gasteiger partial charge in [0.25, 0.3) is 11.8 Å². The van der Waals surface area contributed by atoms with Crippen LogP contribution in [0.1, 0.15) is 11.8 Å². The molecule has 2 amide bonds. The summed E-state index contributed by atoms with van der Waals surface area (Å²) in [5.41, 5.74) is 0.414. The number of ether oxygens (including phenoxy) is 1. The van der Waals surface area contributed by atoms with Gasteiger partial charge in [0.2, 0.25) is 0 Å². The lowest BCUT2D eigenvalue weighted by atomic mass is 10.2. The van der Waals surface area contributed by atoms with Crippen molar-refractivity contribution in [3.63, 3.8) is 0 Å². The zero-order chi connectivity index (χ0) is 21.3. The highest BCUT2D eigenvalue weighted by atomic mass is 32.1. The largest absolute Gasteiger partial charge is 0.494 e. The van der Waals surface area contributed by atoms with E-state index in [1.807, 2.05) is 6.92 Å². The number of nitrogens with one attached hydrogen (secondary N) is 1. The first kappa shape index (κ1) is 19.8. The van der Waals surface area contributed by atoms with Crippen molar-refractivity contribution >= 4 is 40.1 Å². The van der Waals surface area contributed by atoms with Crippen LogP contribution in [0.5, 0.6) is 5.75 Å². The van der Waals surface area contributed by atoms with Gasteiger partial charge < -0.3 is 10.1 Å². The number of carbonyl (C=O) groups excluding carboxylic acids is 2. The lowest BCUT2D eigenvalue weighted by Gasteiger charge is -2.16. The average Bonchev–Trinajstić information content (AvgIpc) is 3.32. The number of carbonyl (C=O) groups is 2. The fourth-order valence-electron chi connectivity index (χ4n) is 3.12. The predicted octanol–water partition coefficient (Wildman–Crippen LogP) is 4.82. The molecule has 0 fully saturated rings. The number of nitrogens with zero attached hydrogens (tertiary/aromatic N) is 1. The normalized spacial score (nSPS) is 13.9. The van der Waals surface area contributed by atoms with E-state index < -0.39 is 23.4 Å². The van der Waals surface area contributed by atoms with Crippen molar-refractivity contribution in [2.24, 2.45) is 0 Å². The van der Waals surface area contributed by atoms with Crippen molar-refractivity contribution in [2.75, 3.05) is 16.8 Å². The molecule has 1 N–H and O–H groups in total. The van der Waals surface area contributed by atoms with E-state index in [-0.39, 0.29) is 17.0 Å². The molecule has 0 spiro atoms. The van der Waals surface area contributed by atoms with Crippen LogP contribution in [0.15, 0.2) is 65.7 Å². The van der Waals surface area contributed by atoms with Crippen LogP contribution in [0, 0.1) is 11.6 Å². The first-order chi connectivity index (χ1) is 14.5. The maximum absolute atomic E-state index is 14.4. The highest BCUT2D eigenvalue weighted by molar-refractivity contribution is 7.11. The summed E-state index contributed by atoms with van der Waals surface area (Å²) in [6.45, 7) is 2.39. The zero-order valence-corrected chi connectivity index (χ0v) is 16.6. The molecule has 0 atom stereocenters. The molecule has 5 nitrogen and oxygen atoms in total. The second-order valence-corrected chi connectivity index (χ2v) is 7.30. The van der Waals surface area contributed by atoms with Crippen molar-refractivity contribution in [3.8, 4) is 5.75 Å². The Hall–Kier alpha value is -3.52. The quantitative estimate of drug-likeness (QED) is 0.574. The van der Waals surface area contributed by atoms with E-state index >= 15 is 0 Å². The topological polar surface area (TPSA) is 58.6 Å². The van der Waals surface area contributed by atoms with Gasteiger partial charge in [0, 0.05) is 16.6 Å². The molecule has 0 saturated carbocycles. The highest BCUT2D eigenvalue weighted by Crippen LogP contribution is 2.36. The third-order valence-electron chi connectivity index (χ3n) is 4.44. The summed E-state index contributed by atoms with van der Waals surface area (Å²) >= 11 is 1.28. The van der Waals surface area contributed by atoms with Gasteiger partial charge in [-0.15, -0.1) is 11.3 Å². The molecule has 1 aliphatic heterocycles. The van der Waals surface area contributed by atoms with Gasteiger partial charge in [-0.05, 0) is 54.8 Å². The summed E-state index contributed by atoms with van der Waals surface area (Å²) in [7, 11) is 0. The number of imide groups is 1. The van der Waals surface area contributed by atoms with Gasteiger partial charge in [0.15, 0.2) is 0 Å². The Labute approximate surface area is 175 Å². The lowest BCUT2D eigenvalue weighted by Crippen LogP contribution is -2.33. The van der Waals surface area contributed by atoms with E-state index in [9.17, 15) is 18.4 Å². The van der Waals surface area contributed by atoms with Crippen LogP contribution < -0.4 is 15.0 Å². The number of hydrogen-bond donors (Lipinski definition) is 1. The molecule has 3 aromatic rings. The number of benzene rings is 2. The summed E-state index contributed by atoms with van der Waals surface area (Å²) in [6.07, 6.45) is 0. The molecule has 0 bridgehead atoms. The summed E-state index contributed by atoms with van der Waals surface area (Å²) < 4.78 is 33.1. The second-order valence-electron chi connectivity index (χ2n) is 6.35. The van der Waals surface area contributed by atoms with Crippen LogP contribution in [0.4, 0.5) is 20.2 Å². The van der Waals surface area contributed by atoms with Gasteiger partial charge in [-0.2, -0.15) is 0 Å². The Bertz CT molecular complexity index is 1140. The number of halogens is 2. The fourth-order valence-corrected chi connectivity index (χ4v) is 3.89. The summed E-state index contributed by atoms with van der Waals surface area (Å²) in [5.74, 6) is -2.53. The first-order valence-electron chi connectivity index (χ1n) is 9.11. The number of rotatable bonds is 6. The molecule has 8 heteroatoms. The molecule has 1 aliphatic rings. The minimum Gasteiger partial charge on any atom is -0.494 e. The third kappa shape index (κ3) is 3.57. The first-order valence-corrected chi connectivity index (χ1v) is 9.99. The molecule has 0 aliphatic carbocycles. The summed E-state index contributed by atoms with van der Waals surface area (Å²) in [5, 5.41) is 4.76. The van der Waals surface area contributed by atoms with Gasteiger partial charge >= 0.3 is 0 Å². The smallest absolute Gasteiger partial charge is 0.282 e. The lowest BCUT2D eigenvalue weighted by molar-refractivity contribution is -0.120. The minimum absolute atomic E-state index is 0.0235. The fraction of sp³-hybridized carbons (Fsp3) is 0.0909. The van der Waals surface area contributed by atoms with Crippen LogP contribution in [-0.2, 0) is 9.59 Å². The molecular formula is C22H16F2N2O3S. The van der Waals surface area contributed by atoms with Crippen LogP contribution in [0.2, 0.25) is 0 Å². The van der Waals surface area contributed by atoms with Crippen LogP contribution in [0.3, 0.4) is 0 Å². The van der Waals surface area contributed by atoms with Crippen LogP contribution >= 0.6 is 11.3 Å². The number of anilines is 2. The number of hydrogen-bond acceptors (Lipinski definition) is 5. The molecule has 0 radical (unpaired) electrons. The molecule has 4 rings (SSSR count). The van der Waals surface area contributed by atoms with Gasteiger partial charge in [0.1, 0.15) is 23.1 Å². The maximum atomic E-state index is 14.4. The van der Waals surface area contributed by atoms with E-state index in [1.54, 1.807) is 41.8 Å². The Balaban J connectivity index is 1.74. The van der Waals surface area contributed by atoms with Crippen molar-refractivity contribution in [2.45, 2.75) is 6.92 Å². The summed E-state index contributed by atoms with van der Waals surface area (Å²) in [4.78, 5) is 27.5. The zero-order valence-electron chi connectivity index (χ0n) is 15.8. The highest BCUT2D eigenvalue weighted by Gasteiger charge is 2.41. The average molecular weight is 426 g/mol. The summed E-state index contributed by atoms with van der Waals surface area (Å²) in [6, 6.07) is 13.1. The SMILES string of the molecule is CCOc1ccc(NC2=C(c3cccs3)C(=O)N(c3ccc(F)cc3F)C2=O)cc1. The molecule has 2 aromatic carbocycles. The van der Waals surface area contributed by atoms with E-state index in [1.165, 1.54) is 11.3 Å². The van der Waals surface area contributed by atoms with Crippen LogP contribution in [-0.4, -0.2) is 18.4 Å². The maximum Gasteiger partial charge on any atom is 0.282 e. The molecular weight excluding hydrogens is 410 g/mol. The van der Waals surface area contributed by atoms with Gasteiger partial charge in [-0.1, -0.05) is 6.07 Å². The molecule has 152 valence electrons. The minimum atomic E-state index is -0.996. The van der Waals surface area contributed by atoms with Crippen molar-refractivity contribution < 1.29 is 23.1 Å². The Morgan fingerprint density at radius 2 is 1.80 bits per heavy atom. The predicted molar refractivity (Wildman–Crippen MR) is 111 cm³/mol. The van der Waals surface area contributed by atoms with Crippen molar-refractivity contribution in [1.82, 2.24) is 0 Å². The van der Waals surface area contributed by atoms with Crippen molar-refractivity contribution in [3.05, 3.63) is 82.2 Å². The third-order valence-corrected chi connectivity index (χ3v) is 5.32. The Morgan fingerprint density at radius 3 is 2.43 bits per heavy atom. The van der Waals surface area contributed by atoms with Gasteiger partial charge in [-0.3, -0.25) is 9.59 Å². The second kappa shape index (κ2) is 8.08. The Morgan fingerprint density at radius 1 is 1.03 bits per heavy atom. The number of amides is 2. The molecule has 1 aromatic heterocycles. The monoisotopic (exact) mass is 426 g/mol. The van der Waals surface area contributed by atoms with Gasteiger partial charge in [-0.25, -0.2) is 13.7 Å². The van der Waals surface area contributed by atoms with E-state index in [4.69, 9.17) is 4.74 Å². The van der Waals surface area contributed by atoms with E-state index in [0.717, 1.165) is 17.0 Å². The molecule has 30 heavy (non-hydrogen) atoms. The van der Waals surface area contributed by atoms with Crippen LogP contribution in [0.25, 0.3) is 5.57 Å². The standard InChI is InChI=1S/C22H16F2N2O3S/c1-2-29-15-8-6-14(7-9-15)25-20-19(18-4-3-11-30-18)21(27)26(22(20)28)17-10-5-13(23)12-16(17)24/h3-12,25H,2H2,1H3.